The normalized spacial score (nSPS) is 48.2. The van der Waals surface area contributed by atoms with Crippen LogP contribution in [-0.4, -0.2) is 5.24 Å². The maximum absolute atomic E-state index is 11.1. The van der Waals surface area contributed by atoms with Crippen LogP contribution in [-0.2, 0) is 4.79 Å². The largest absolute Gasteiger partial charge is 0.281 e. The average Bonchev–Trinajstić information content (AvgIpc) is 2.45. The molecule has 0 aliphatic heterocycles. The lowest BCUT2D eigenvalue weighted by molar-refractivity contribution is -0.122. The monoisotopic (exact) mass is 172 g/mol. The molecule has 0 N–H and O–H groups in total. The minimum absolute atomic E-state index is 0.107. The summed E-state index contributed by atoms with van der Waals surface area (Å²) in [7, 11) is 0. The first-order valence-corrected chi connectivity index (χ1v) is 4.70. The summed E-state index contributed by atoms with van der Waals surface area (Å²) in [6, 6.07) is 0. The summed E-state index contributed by atoms with van der Waals surface area (Å²) in [5.74, 6) is 1.39. The summed E-state index contributed by atoms with van der Waals surface area (Å²) in [5.41, 5.74) is -0.162. The van der Waals surface area contributed by atoms with Gasteiger partial charge in [0.05, 0.1) is 0 Å². The van der Waals surface area contributed by atoms with Crippen LogP contribution in [0.25, 0.3) is 0 Å². The van der Waals surface area contributed by atoms with E-state index in [1.54, 1.807) is 0 Å². The molecule has 2 aliphatic rings. The van der Waals surface area contributed by atoms with E-state index in [0.717, 1.165) is 12.3 Å². The number of carbonyl (C=O) groups excluding carboxylic acids is 1. The van der Waals surface area contributed by atoms with Crippen molar-refractivity contribution in [3.05, 3.63) is 0 Å². The van der Waals surface area contributed by atoms with Gasteiger partial charge in [-0.3, -0.25) is 4.79 Å². The van der Waals surface area contributed by atoms with E-state index in [2.05, 4.69) is 0 Å². The van der Waals surface area contributed by atoms with Gasteiger partial charge in [0.2, 0.25) is 5.24 Å². The molecule has 0 heterocycles. The van der Waals surface area contributed by atoms with Gasteiger partial charge in [0.25, 0.3) is 0 Å². The van der Waals surface area contributed by atoms with E-state index in [9.17, 15) is 4.79 Å². The third-order valence-corrected chi connectivity index (χ3v) is 4.04. The van der Waals surface area contributed by atoms with Gasteiger partial charge in [0, 0.05) is 5.41 Å². The standard InChI is InChI=1S/C9H13ClO/c1-9(8(10)11)5-6-2-3-7(9)4-6/h6-7H,2-5H2,1H3. The Bertz CT molecular complexity index is 202. The first-order valence-electron chi connectivity index (χ1n) is 4.33. The predicted molar refractivity (Wildman–Crippen MR) is 44.4 cm³/mol. The number of fused-ring (bicyclic) bond motifs is 2. The summed E-state index contributed by atoms with van der Waals surface area (Å²) in [6.45, 7) is 2.03. The van der Waals surface area contributed by atoms with Gasteiger partial charge in [-0.05, 0) is 42.7 Å². The van der Waals surface area contributed by atoms with Crippen LogP contribution in [0.15, 0.2) is 0 Å². The molecular formula is C9H13ClO. The van der Waals surface area contributed by atoms with E-state index < -0.39 is 0 Å². The second-order valence-corrected chi connectivity index (χ2v) is 4.61. The maximum atomic E-state index is 11.1. The Morgan fingerprint density at radius 1 is 1.55 bits per heavy atom. The molecule has 0 saturated heterocycles. The molecule has 0 amide bonds. The second kappa shape index (κ2) is 2.22. The van der Waals surface area contributed by atoms with Gasteiger partial charge in [-0.25, -0.2) is 0 Å². The van der Waals surface area contributed by atoms with Gasteiger partial charge < -0.3 is 0 Å². The third-order valence-electron chi connectivity index (χ3n) is 3.60. The highest BCUT2D eigenvalue weighted by Crippen LogP contribution is 2.56. The number of carbonyl (C=O) groups is 1. The van der Waals surface area contributed by atoms with Crippen LogP contribution in [0, 0.1) is 17.3 Å². The topological polar surface area (TPSA) is 17.1 Å². The Labute approximate surface area is 72.1 Å². The van der Waals surface area contributed by atoms with E-state index >= 15 is 0 Å². The lowest BCUT2D eigenvalue weighted by Crippen LogP contribution is -2.30. The first kappa shape index (κ1) is 7.60. The van der Waals surface area contributed by atoms with Gasteiger partial charge in [0.15, 0.2) is 0 Å². The molecule has 0 aromatic carbocycles. The molecule has 2 rings (SSSR count). The van der Waals surface area contributed by atoms with Crippen LogP contribution in [0.3, 0.4) is 0 Å². The van der Waals surface area contributed by atoms with Gasteiger partial charge in [0.1, 0.15) is 0 Å². The Kier molecular flexibility index (Phi) is 1.54. The minimum Gasteiger partial charge on any atom is -0.281 e. The first-order chi connectivity index (χ1) is 5.13. The molecule has 3 unspecified atom stereocenters. The summed E-state index contributed by atoms with van der Waals surface area (Å²) in [4.78, 5) is 11.1. The van der Waals surface area contributed by atoms with E-state index in [0.29, 0.717) is 5.92 Å². The van der Waals surface area contributed by atoms with Gasteiger partial charge in [-0.1, -0.05) is 13.3 Å². The van der Waals surface area contributed by atoms with Crippen molar-refractivity contribution < 1.29 is 4.79 Å². The molecule has 2 bridgehead atoms. The van der Waals surface area contributed by atoms with Crippen molar-refractivity contribution >= 4 is 16.8 Å². The van der Waals surface area contributed by atoms with Crippen molar-refractivity contribution in [3.8, 4) is 0 Å². The third kappa shape index (κ3) is 0.936. The van der Waals surface area contributed by atoms with Crippen molar-refractivity contribution in [2.75, 3.05) is 0 Å². The van der Waals surface area contributed by atoms with Crippen LogP contribution in [0.5, 0.6) is 0 Å². The number of hydrogen-bond donors (Lipinski definition) is 0. The van der Waals surface area contributed by atoms with Crippen LogP contribution < -0.4 is 0 Å². The lowest BCUT2D eigenvalue weighted by atomic mass is 9.76. The fourth-order valence-corrected chi connectivity index (χ4v) is 3.08. The average molecular weight is 173 g/mol. The van der Waals surface area contributed by atoms with Crippen molar-refractivity contribution in [2.45, 2.75) is 32.6 Å². The van der Waals surface area contributed by atoms with Crippen molar-refractivity contribution in [1.29, 1.82) is 0 Å². The Balaban J connectivity index is 2.23. The molecule has 0 aromatic heterocycles. The molecular weight excluding hydrogens is 160 g/mol. The molecule has 11 heavy (non-hydrogen) atoms. The Morgan fingerprint density at radius 2 is 2.27 bits per heavy atom. The van der Waals surface area contributed by atoms with Crippen molar-refractivity contribution in [3.63, 3.8) is 0 Å². The summed E-state index contributed by atoms with van der Waals surface area (Å²) >= 11 is 5.58. The van der Waals surface area contributed by atoms with Gasteiger partial charge in [-0.2, -0.15) is 0 Å². The highest BCUT2D eigenvalue weighted by atomic mass is 35.5. The Morgan fingerprint density at radius 3 is 2.55 bits per heavy atom. The fraction of sp³-hybridized carbons (Fsp3) is 0.889. The number of rotatable bonds is 1. The highest BCUT2D eigenvalue weighted by molar-refractivity contribution is 6.64. The zero-order valence-electron chi connectivity index (χ0n) is 6.77. The zero-order valence-corrected chi connectivity index (χ0v) is 7.53. The highest BCUT2D eigenvalue weighted by Gasteiger charge is 2.51. The van der Waals surface area contributed by atoms with Gasteiger partial charge >= 0.3 is 0 Å². The molecule has 2 aliphatic carbocycles. The molecule has 0 radical (unpaired) electrons. The Hall–Kier alpha value is -0.0400. The predicted octanol–water partition coefficient (Wildman–Crippen LogP) is 2.58. The van der Waals surface area contributed by atoms with Crippen LogP contribution >= 0.6 is 11.6 Å². The lowest BCUT2D eigenvalue weighted by Gasteiger charge is -2.29. The molecule has 2 fully saturated rings. The minimum atomic E-state index is -0.162. The molecule has 0 spiro atoms. The smallest absolute Gasteiger partial charge is 0.227 e. The van der Waals surface area contributed by atoms with Gasteiger partial charge in [-0.15, -0.1) is 0 Å². The molecule has 2 heteroatoms. The molecule has 3 atom stereocenters. The molecule has 2 saturated carbocycles. The molecule has 1 nitrogen and oxygen atoms in total. The quantitative estimate of drug-likeness (QED) is 0.556. The number of halogens is 1. The van der Waals surface area contributed by atoms with Crippen LogP contribution in [0.1, 0.15) is 32.6 Å². The van der Waals surface area contributed by atoms with Crippen molar-refractivity contribution in [2.24, 2.45) is 17.3 Å². The summed E-state index contributed by atoms with van der Waals surface area (Å²) in [6.07, 6.45) is 4.83. The van der Waals surface area contributed by atoms with E-state index in [4.69, 9.17) is 11.6 Å². The fourth-order valence-electron chi connectivity index (χ4n) is 2.85. The van der Waals surface area contributed by atoms with E-state index in [1.807, 2.05) is 6.92 Å². The molecule has 0 aromatic rings. The second-order valence-electron chi connectivity index (χ2n) is 4.27. The summed E-state index contributed by atoms with van der Waals surface area (Å²) < 4.78 is 0. The SMILES string of the molecule is CC1(C(=O)Cl)CC2CCC1C2. The zero-order chi connectivity index (χ0) is 8.06. The van der Waals surface area contributed by atoms with E-state index in [-0.39, 0.29) is 10.7 Å². The molecule has 62 valence electrons. The number of hydrogen-bond acceptors (Lipinski definition) is 1. The van der Waals surface area contributed by atoms with Crippen LogP contribution in [0.2, 0.25) is 0 Å². The van der Waals surface area contributed by atoms with Crippen LogP contribution in [0.4, 0.5) is 0 Å². The maximum Gasteiger partial charge on any atom is 0.227 e. The van der Waals surface area contributed by atoms with E-state index in [1.165, 1.54) is 19.3 Å². The van der Waals surface area contributed by atoms with Crippen molar-refractivity contribution in [1.82, 2.24) is 0 Å². The summed E-state index contributed by atoms with van der Waals surface area (Å²) in [5, 5.41) is -0.107.